The number of pyridine rings is 1. The Morgan fingerprint density at radius 1 is 1.47 bits per heavy atom. The summed E-state index contributed by atoms with van der Waals surface area (Å²) in [4.78, 5) is 18.6. The molecule has 0 aliphatic rings. The average Bonchev–Trinajstić information content (AvgIpc) is 3.06. The van der Waals surface area contributed by atoms with Crippen LogP contribution in [-0.4, -0.2) is 32.7 Å². The van der Waals surface area contributed by atoms with Crippen LogP contribution in [0.5, 0.6) is 0 Å². The van der Waals surface area contributed by atoms with Gasteiger partial charge in [0.2, 0.25) is 5.91 Å². The molecule has 0 saturated carbocycles. The lowest BCUT2D eigenvalue weighted by Crippen LogP contribution is -2.23. The average molecular weight is 255 g/mol. The highest BCUT2D eigenvalue weighted by atomic mass is 16.1. The molecule has 0 bridgehead atoms. The second-order valence-corrected chi connectivity index (χ2v) is 4.20. The van der Waals surface area contributed by atoms with Crippen molar-refractivity contribution >= 4 is 16.9 Å². The number of fused-ring (bicyclic) bond motifs is 1. The Kier molecular flexibility index (Phi) is 2.75. The number of rotatable bonds is 3. The van der Waals surface area contributed by atoms with Crippen LogP contribution in [0.25, 0.3) is 22.2 Å². The number of H-pyrrole nitrogens is 1. The molecule has 0 radical (unpaired) electrons. The molecule has 0 aromatic carbocycles. The van der Waals surface area contributed by atoms with Crippen molar-refractivity contribution in [1.82, 2.24) is 25.1 Å². The van der Waals surface area contributed by atoms with Crippen molar-refractivity contribution in [2.45, 2.75) is 6.54 Å². The van der Waals surface area contributed by atoms with Gasteiger partial charge in [-0.25, -0.2) is 4.98 Å². The standard InChI is InChI=1S/C13H13N5O/c1-14-12(19)8-18-7-9(6-17-18)10-2-4-15-13-11(10)3-5-16-13/h2-7H,8H2,1H3,(H,14,19)(H,15,16). The molecular weight excluding hydrogens is 242 g/mol. The van der Waals surface area contributed by atoms with Crippen molar-refractivity contribution in [3.8, 4) is 11.1 Å². The first kappa shape index (κ1) is 11.5. The van der Waals surface area contributed by atoms with Crippen molar-refractivity contribution in [2.75, 3.05) is 7.05 Å². The fourth-order valence-electron chi connectivity index (χ4n) is 2.03. The summed E-state index contributed by atoms with van der Waals surface area (Å²) in [5.74, 6) is -0.0730. The van der Waals surface area contributed by atoms with E-state index in [9.17, 15) is 4.79 Å². The number of aromatic nitrogens is 4. The van der Waals surface area contributed by atoms with Crippen molar-refractivity contribution in [1.29, 1.82) is 0 Å². The lowest BCUT2D eigenvalue weighted by molar-refractivity contribution is -0.121. The minimum atomic E-state index is -0.0730. The summed E-state index contributed by atoms with van der Waals surface area (Å²) in [7, 11) is 1.61. The lowest BCUT2D eigenvalue weighted by atomic mass is 10.1. The normalized spacial score (nSPS) is 10.8. The van der Waals surface area contributed by atoms with Crippen LogP contribution in [0.1, 0.15) is 0 Å². The highest BCUT2D eigenvalue weighted by Gasteiger charge is 2.08. The van der Waals surface area contributed by atoms with E-state index in [0.29, 0.717) is 0 Å². The molecule has 3 aromatic rings. The van der Waals surface area contributed by atoms with E-state index in [1.54, 1.807) is 24.1 Å². The highest BCUT2D eigenvalue weighted by Crippen LogP contribution is 2.26. The van der Waals surface area contributed by atoms with Gasteiger partial charge in [-0.3, -0.25) is 9.48 Å². The van der Waals surface area contributed by atoms with Crippen LogP contribution in [0.4, 0.5) is 0 Å². The quantitative estimate of drug-likeness (QED) is 0.737. The maximum atomic E-state index is 11.3. The van der Waals surface area contributed by atoms with Gasteiger partial charge in [0.15, 0.2) is 0 Å². The predicted molar refractivity (Wildman–Crippen MR) is 71.4 cm³/mol. The Labute approximate surface area is 109 Å². The molecule has 0 aliphatic heterocycles. The number of nitrogens with one attached hydrogen (secondary N) is 2. The minimum absolute atomic E-state index is 0.0730. The monoisotopic (exact) mass is 255 g/mol. The number of hydrogen-bond acceptors (Lipinski definition) is 3. The number of amides is 1. The number of aromatic amines is 1. The van der Waals surface area contributed by atoms with Gasteiger partial charge in [0.1, 0.15) is 12.2 Å². The van der Waals surface area contributed by atoms with Gasteiger partial charge in [0, 0.05) is 36.6 Å². The van der Waals surface area contributed by atoms with E-state index in [4.69, 9.17) is 0 Å². The van der Waals surface area contributed by atoms with E-state index in [0.717, 1.165) is 22.2 Å². The van der Waals surface area contributed by atoms with Crippen molar-refractivity contribution in [3.63, 3.8) is 0 Å². The number of carbonyl (C=O) groups excluding carboxylic acids is 1. The maximum Gasteiger partial charge on any atom is 0.241 e. The molecule has 0 atom stereocenters. The van der Waals surface area contributed by atoms with E-state index in [-0.39, 0.29) is 12.5 Å². The molecule has 3 rings (SSSR count). The molecule has 96 valence electrons. The molecule has 3 aromatic heterocycles. The third-order valence-corrected chi connectivity index (χ3v) is 2.99. The van der Waals surface area contributed by atoms with Crippen LogP contribution in [0.3, 0.4) is 0 Å². The predicted octanol–water partition coefficient (Wildman–Crippen LogP) is 1.17. The first-order chi connectivity index (χ1) is 9.28. The van der Waals surface area contributed by atoms with E-state index < -0.39 is 0 Å². The molecule has 0 spiro atoms. The first-order valence-corrected chi connectivity index (χ1v) is 5.93. The summed E-state index contributed by atoms with van der Waals surface area (Å²) in [6.45, 7) is 0.220. The number of carbonyl (C=O) groups is 1. The topological polar surface area (TPSA) is 75.6 Å². The lowest BCUT2D eigenvalue weighted by Gasteiger charge is -2.00. The Morgan fingerprint density at radius 3 is 3.21 bits per heavy atom. The summed E-state index contributed by atoms with van der Waals surface area (Å²) < 4.78 is 1.62. The van der Waals surface area contributed by atoms with Crippen LogP contribution < -0.4 is 5.32 Å². The number of nitrogens with zero attached hydrogens (tertiary/aromatic N) is 3. The second-order valence-electron chi connectivity index (χ2n) is 4.20. The maximum absolute atomic E-state index is 11.3. The van der Waals surface area contributed by atoms with Crippen LogP contribution >= 0.6 is 0 Å². The molecule has 3 heterocycles. The van der Waals surface area contributed by atoms with E-state index >= 15 is 0 Å². The van der Waals surface area contributed by atoms with Gasteiger partial charge in [0.25, 0.3) is 0 Å². The molecule has 0 aliphatic carbocycles. The van der Waals surface area contributed by atoms with Gasteiger partial charge in [-0.2, -0.15) is 5.10 Å². The van der Waals surface area contributed by atoms with Crippen molar-refractivity contribution in [3.05, 3.63) is 36.9 Å². The smallest absolute Gasteiger partial charge is 0.241 e. The number of likely N-dealkylation sites (N-methyl/N-ethyl adjacent to an activating group) is 1. The van der Waals surface area contributed by atoms with Crippen LogP contribution in [-0.2, 0) is 11.3 Å². The second kappa shape index (κ2) is 4.56. The molecule has 1 amide bonds. The molecule has 0 saturated heterocycles. The fourth-order valence-corrected chi connectivity index (χ4v) is 2.03. The largest absolute Gasteiger partial charge is 0.358 e. The summed E-state index contributed by atoms with van der Waals surface area (Å²) in [5, 5.41) is 7.81. The molecule has 0 fully saturated rings. The van der Waals surface area contributed by atoms with Crippen LogP contribution in [0.2, 0.25) is 0 Å². The minimum Gasteiger partial charge on any atom is -0.358 e. The van der Waals surface area contributed by atoms with Crippen LogP contribution in [0, 0.1) is 0 Å². The van der Waals surface area contributed by atoms with Gasteiger partial charge < -0.3 is 10.3 Å². The van der Waals surface area contributed by atoms with Gasteiger partial charge in [-0.1, -0.05) is 0 Å². The Hall–Kier alpha value is -2.63. The van der Waals surface area contributed by atoms with E-state index in [1.807, 2.05) is 24.5 Å². The zero-order chi connectivity index (χ0) is 13.2. The summed E-state index contributed by atoms with van der Waals surface area (Å²) in [5.41, 5.74) is 2.86. The van der Waals surface area contributed by atoms with Gasteiger partial charge in [-0.15, -0.1) is 0 Å². The van der Waals surface area contributed by atoms with E-state index in [2.05, 4.69) is 20.4 Å². The van der Waals surface area contributed by atoms with Gasteiger partial charge in [0.05, 0.1) is 6.20 Å². The zero-order valence-corrected chi connectivity index (χ0v) is 10.4. The molecule has 0 unspecified atom stereocenters. The van der Waals surface area contributed by atoms with Gasteiger partial charge >= 0.3 is 0 Å². The third-order valence-electron chi connectivity index (χ3n) is 2.99. The summed E-state index contributed by atoms with van der Waals surface area (Å²) >= 11 is 0. The molecule has 6 heteroatoms. The Morgan fingerprint density at radius 2 is 2.37 bits per heavy atom. The SMILES string of the molecule is CNC(=O)Cn1cc(-c2ccnc3[nH]ccc23)cn1. The van der Waals surface area contributed by atoms with Crippen molar-refractivity contribution in [2.24, 2.45) is 0 Å². The van der Waals surface area contributed by atoms with Crippen LogP contribution in [0.15, 0.2) is 36.9 Å². The Bertz CT molecular complexity index is 727. The zero-order valence-electron chi connectivity index (χ0n) is 10.4. The fraction of sp³-hybridized carbons (Fsp3) is 0.154. The van der Waals surface area contributed by atoms with Gasteiger partial charge in [-0.05, 0) is 17.7 Å². The summed E-state index contributed by atoms with van der Waals surface area (Å²) in [6.07, 6.45) is 7.22. The molecule has 6 nitrogen and oxygen atoms in total. The highest BCUT2D eigenvalue weighted by molar-refractivity contribution is 5.92. The first-order valence-electron chi connectivity index (χ1n) is 5.93. The molecule has 2 N–H and O–H groups in total. The Balaban J connectivity index is 1.98. The molecular formula is C13H13N5O. The molecule has 19 heavy (non-hydrogen) atoms. The van der Waals surface area contributed by atoms with E-state index in [1.165, 1.54) is 0 Å². The summed E-state index contributed by atoms with van der Waals surface area (Å²) in [6, 6.07) is 3.92. The third kappa shape index (κ3) is 2.08. The van der Waals surface area contributed by atoms with Crippen molar-refractivity contribution < 1.29 is 4.79 Å². The number of hydrogen-bond donors (Lipinski definition) is 2.